The van der Waals surface area contributed by atoms with Gasteiger partial charge >= 0.3 is 0 Å². The summed E-state index contributed by atoms with van der Waals surface area (Å²) in [5.41, 5.74) is 0. The highest BCUT2D eigenvalue weighted by atomic mass is 35.6. The van der Waals surface area contributed by atoms with Crippen LogP contribution in [0.4, 0.5) is 0 Å². The molecule has 0 aromatic rings. The molecular weight excluding hydrogens is 214 g/mol. The molecule has 0 rings (SSSR count). The first-order valence-electron chi connectivity index (χ1n) is 4.21. The lowest BCUT2D eigenvalue weighted by atomic mass is 10.0. The van der Waals surface area contributed by atoms with E-state index in [4.69, 9.17) is 34.8 Å². The molecule has 12 heavy (non-hydrogen) atoms. The van der Waals surface area contributed by atoms with Gasteiger partial charge in [0.2, 0.25) is 0 Å². The van der Waals surface area contributed by atoms with Crippen LogP contribution in [0.15, 0.2) is 12.7 Å². The zero-order valence-corrected chi connectivity index (χ0v) is 9.59. The zero-order chi connectivity index (χ0) is 9.61. The van der Waals surface area contributed by atoms with Gasteiger partial charge in [0.05, 0.1) is 0 Å². The molecule has 1 unspecified atom stereocenters. The normalized spacial score (nSPS) is 14.3. The van der Waals surface area contributed by atoms with E-state index in [0.29, 0.717) is 0 Å². The Balaban J connectivity index is 3.76. The summed E-state index contributed by atoms with van der Waals surface area (Å²) in [5.74, 6) is -0.0194. The second kappa shape index (κ2) is 6.12. The Morgan fingerprint density at radius 2 is 1.92 bits per heavy atom. The summed E-state index contributed by atoms with van der Waals surface area (Å²) in [6.45, 7) is 5.80. The molecule has 0 N–H and O–H groups in total. The van der Waals surface area contributed by atoms with Crippen LogP contribution < -0.4 is 0 Å². The third-order valence-electron chi connectivity index (χ3n) is 1.82. The predicted molar refractivity (Wildman–Crippen MR) is 58.1 cm³/mol. The second-order valence-electron chi connectivity index (χ2n) is 2.88. The van der Waals surface area contributed by atoms with Crippen molar-refractivity contribution in [3.05, 3.63) is 12.7 Å². The standard InChI is InChI=1S/C9H15Cl3/c1-3-5-6-7-8(4-2)9(10,11)12/h4,8H,2-3,5-7H2,1H3. The van der Waals surface area contributed by atoms with Crippen molar-refractivity contribution in [1.82, 2.24) is 0 Å². The molecular formula is C9H15Cl3. The summed E-state index contributed by atoms with van der Waals surface area (Å²) in [6, 6.07) is 0. The molecule has 0 nitrogen and oxygen atoms in total. The first-order valence-corrected chi connectivity index (χ1v) is 5.35. The van der Waals surface area contributed by atoms with Crippen LogP contribution >= 0.6 is 34.8 Å². The summed E-state index contributed by atoms with van der Waals surface area (Å²) < 4.78 is -1.19. The lowest BCUT2D eigenvalue weighted by Gasteiger charge is -2.20. The van der Waals surface area contributed by atoms with E-state index >= 15 is 0 Å². The van der Waals surface area contributed by atoms with Gasteiger partial charge in [-0.15, -0.1) is 6.58 Å². The average Bonchev–Trinajstić information content (AvgIpc) is 1.95. The average molecular weight is 230 g/mol. The molecule has 0 saturated carbocycles. The molecule has 72 valence electrons. The van der Waals surface area contributed by atoms with Gasteiger partial charge < -0.3 is 0 Å². The lowest BCUT2D eigenvalue weighted by Crippen LogP contribution is -2.16. The van der Waals surface area contributed by atoms with Crippen molar-refractivity contribution in [1.29, 1.82) is 0 Å². The maximum atomic E-state index is 5.74. The topological polar surface area (TPSA) is 0 Å². The van der Waals surface area contributed by atoms with E-state index < -0.39 is 3.79 Å². The van der Waals surface area contributed by atoms with E-state index in [1.165, 1.54) is 12.8 Å². The highest BCUT2D eigenvalue weighted by Gasteiger charge is 2.29. The van der Waals surface area contributed by atoms with Crippen molar-refractivity contribution in [3.63, 3.8) is 0 Å². The molecule has 3 heteroatoms. The van der Waals surface area contributed by atoms with Gasteiger partial charge in [-0.1, -0.05) is 67.1 Å². The molecule has 0 bridgehead atoms. The fourth-order valence-corrected chi connectivity index (χ4v) is 1.62. The van der Waals surface area contributed by atoms with Gasteiger partial charge in [-0.2, -0.15) is 0 Å². The third-order valence-corrected chi connectivity index (χ3v) is 2.66. The van der Waals surface area contributed by atoms with Crippen LogP contribution in [0.2, 0.25) is 0 Å². The van der Waals surface area contributed by atoms with Gasteiger partial charge in [0, 0.05) is 5.92 Å². The fourth-order valence-electron chi connectivity index (χ4n) is 1.03. The molecule has 0 spiro atoms. The van der Waals surface area contributed by atoms with E-state index in [1.54, 1.807) is 6.08 Å². The summed E-state index contributed by atoms with van der Waals surface area (Å²) in [6.07, 6.45) is 6.10. The van der Waals surface area contributed by atoms with Crippen LogP contribution in [-0.4, -0.2) is 3.79 Å². The van der Waals surface area contributed by atoms with Crippen LogP contribution in [0, 0.1) is 5.92 Å². The Bertz CT molecular complexity index is 126. The number of alkyl halides is 3. The van der Waals surface area contributed by atoms with Crippen LogP contribution in [0.25, 0.3) is 0 Å². The number of rotatable bonds is 5. The molecule has 0 aliphatic rings. The quantitative estimate of drug-likeness (QED) is 0.363. The van der Waals surface area contributed by atoms with Crippen molar-refractivity contribution in [3.8, 4) is 0 Å². The van der Waals surface area contributed by atoms with E-state index in [1.807, 2.05) is 0 Å². The Kier molecular flexibility index (Phi) is 6.43. The minimum atomic E-state index is -1.19. The summed E-state index contributed by atoms with van der Waals surface area (Å²) in [7, 11) is 0. The highest BCUT2D eigenvalue weighted by Crippen LogP contribution is 2.38. The Morgan fingerprint density at radius 1 is 1.33 bits per heavy atom. The molecule has 0 fully saturated rings. The molecule has 0 amide bonds. The lowest BCUT2D eigenvalue weighted by molar-refractivity contribution is 0.548. The van der Waals surface area contributed by atoms with Gasteiger partial charge in [0.25, 0.3) is 0 Å². The maximum absolute atomic E-state index is 5.74. The first kappa shape index (κ1) is 12.6. The first-order chi connectivity index (χ1) is 5.52. The molecule has 0 aromatic heterocycles. The summed E-state index contributed by atoms with van der Waals surface area (Å²) in [4.78, 5) is 0. The minimum Gasteiger partial charge on any atom is -0.103 e. The largest absolute Gasteiger partial charge is 0.196 e. The highest BCUT2D eigenvalue weighted by molar-refractivity contribution is 6.67. The van der Waals surface area contributed by atoms with E-state index in [9.17, 15) is 0 Å². The molecule has 0 aromatic carbocycles. The maximum Gasteiger partial charge on any atom is 0.196 e. The van der Waals surface area contributed by atoms with E-state index in [2.05, 4.69) is 13.5 Å². The third kappa shape index (κ3) is 5.29. The second-order valence-corrected chi connectivity index (χ2v) is 5.25. The van der Waals surface area contributed by atoms with Crippen molar-refractivity contribution in [2.75, 3.05) is 0 Å². The van der Waals surface area contributed by atoms with Crippen molar-refractivity contribution >= 4 is 34.8 Å². The molecule has 0 saturated heterocycles. The van der Waals surface area contributed by atoms with Gasteiger partial charge in [-0.25, -0.2) is 0 Å². The fraction of sp³-hybridized carbons (Fsp3) is 0.778. The van der Waals surface area contributed by atoms with E-state index in [-0.39, 0.29) is 5.92 Å². The Hall–Kier alpha value is 0.610. The van der Waals surface area contributed by atoms with Crippen molar-refractivity contribution in [2.45, 2.75) is 36.4 Å². The van der Waals surface area contributed by atoms with Crippen molar-refractivity contribution < 1.29 is 0 Å². The van der Waals surface area contributed by atoms with Crippen molar-refractivity contribution in [2.24, 2.45) is 5.92 Å². The molecule has 0 aliphatic heterocycles. The van der Waals surface area contributed by atoms with Crippen LogP contribution in [0.3, 0.4) is 0 Å². The number of halogens is 3. The van der Waals surface area contributed by atoms with Crippen LogP contribution in [-0.2, 0) is 0 Å². The van der Waals surface area contributed by atoms with Gasteiger partial charge in [0.1, 0.15) is 0 Å². The smallest absolute Gasteiger partial charge is 0.103 e. The summed E-state index contributed by atoms with van der Waals surface area (Å²) >= 11 is 17.2. The predicted octanol–water partition coefficient (Wildman–Crippen LogP) is 4.74. The number of unbranched alkanes of at least 4 members (excludes halogenated alkanes) is 2. The monoisotopic (exact) mass is 228 g/mol. The minimum absolute atomic E-state index is 0.0194. The summed E-state index contributed by atoms with van der Waals surface area (Å²) in [5, 5.41) is 0. The number of hydrogen-bond donors (Lipinski definition) is 0. The Morgan fingerprint density at radius 3 is 2.25 bits per heavy atom. The Labute approximate surface area is 89.9 Å². The van der Waals surface area contributed by atoms with Gasteiger partial charge in [-0.3, -0.25) is 0 Å². The molecule has 0 heterocycles. The van der Waals surface area contributed by atoms with Gasteiger partial charge in [0.15, 0.2) is 3.79 Å². The molecule has 0 aliphatic carbocycles. The van der Waals surface area contributed by atoms with Crippen LogP contribution in [0.5, 0.6) is 0 Å². The van der Waals surface area contributed by atoms with Gasteiger partial charge in [-0.05, 0) is 6.42 Å². The van der Waals surface area contributed by atoms with Crippen LogP contribution in [0.1, 0.15) is 32.6 Å². The number of allylic oxidation sites excluding steroid dienone is 1. The van der Waals surface area contributed by atoms with E-state index in [0.717, 1.165) is 12.8 Å². The SMILES string of the molecule is C=CC(CCCCC)C(Cl)(Cl)Cl. The molecule has 1 atom stereocenters. The number of hydrogen-bond acceptors (Lipinski definition) is 0. The molecule has 0 radical (unpaired) electrons. The zero-order valence-electron chi connectivity index (χ0n) is 7.32.